The molecule has 4 rings (SSSR count). The lowest BCUT2D eigenvalue weighted by Crippen LogP contribution is -2.40. The van der Waals surface area contributed by atoms with Crippen LogP contribution in [0.3, 0.4) is 0 Å². The average Bonchev–Trinajstić information content (AvgIpc) is 3.36. The predicted molar refractivity (Wildman–Crippen MR) is 138 cm³/mol. The summed E-state index contributed by atoms with van der Waals surface area (Å²) in [4.78, 5) is 18.5. The van der Waals surface area contributed by atoms with Gasteiger partial charge in [0, 0.05) is 18.7 Å². The molecule has 1 aliphatic carbocycles. The summed E-state index contributed by atoms with van der Waals surface area (Å²) in [6, 6.07) is 1.38. The fourth-order valence-electron chi connectivity index (χ4n) is 4.56. The maximum Gasteiger partial charge on any atom is 0.224 e. The Morgan fingerprint density at radius 1 is 1.11 bits per heavy atom. The fourth-order valence-corrected chi connectivity index (χ4v) is 5.67. The van der Waals surface area contributed by atoms with Crippen LogP contribution in [0.1, 0.15) is 31.7 Å². The second-order valence-electron chi connectivity index (χ2n) is 9.61. The Hall–Kier alpha value is -2.48. The van der Waals surface area contributed by atoms with Gasteiger partial charge in [-0.1, -0.05) is 0 Å². The van der Waals surface area contributed by atoms with Gasteiger partial charge in [-0.15, -0.1) is 11.3 Å². The molecule has 0 radical (unpaired) electrons. The van der Waals surface area contributed by atoms with Crippen LogP contribution in [0.5, 0.6) is 0 Å². The summed E-state index contributed by atoms with van der Waals surface area (Å²) >= 11 is 1.50. The third-order valence-corrected chi connectivity index (χ3v) is 7.51. The first-order valence-electron chi connectivity index (χ1n) is 12.0. The van der Waals surface area contributed by atoms with Crippen molar-refractivity contribution in [1.82, 2.24) is 19.9 Å². The molecule has 0 aliphatic heterocycles. The number of rotatable bonds is 10. The number of anilines is 2. The zero-order chi connectivity index (χ0) is 26.0. The molecule has 196 valence electrons. The SMILES string of the molecule is Cc1nc(NCCOCCO)nc(N[C@@H]2C[C@H](C(C)(C)O)[C@@H](O)[C@H]2O)c1-c1nc2c(C)nccc2s1. The van der Waals surface area contributed by atoms with Crippen molar-refractivity contribution in [2.45, 2.75) is 58.0 Å². The maximum atomic E-state index is 10.8. The van der Waals surface area contributed by atoms with Crippen molar-refractivity contribution in [3.8, 4) is 10.6 Å². The van der Waals surface area contributed by atoms with E-state index in [0.29, 0.717) is 47.6 Å². The molecule has 3 heterocycles. The average molecular weight is 519 g/mol. The molecule has 1 fully saturated rings. The highest BCUT2D eigenvalue weighted by Crippen LogP contribution is 2.40. The molecule has 0 bridgehead atoms. The van der Waals surface area contributed by atoms with Crippen LogP contribution in [0.25, 0.3) is 20.8 Å². The monoisotopic (exact) mass is 518 g/mol. The van der Waals surface area contributed by atoms with Crippen molar-refractivity contribution < 1.29 is 25.2 Å². The summed E-state index contributed by atoms with van der Waals surface area (Å²) in [7, 11) is 0. The van der Waals surface area contributed by atoms with Crippen LogP contribution >= 0.6 is 11.3 Å². The Kier molecular flexibility index (Phi) is 8.03. The zero-order valence-corrected chi connectivity index (χ0v) is 21.7. The van der Waals surface area contributed by atoms with Crippen LogP contribution in [-0.4, -0.2) is 90.6 Å². The summed E-state index contributed by atoms with van der Waals surface area (Å²) in [5, 5.41) is 47.9. The molecule has 4 atom stereocenters. The van der Waals surface area contributed by atoms with E-state index in [2.05, 4.69) is 25.6 Å². The second-order valence-corrected chi connectivity index (χ2v) is 10.6. The summed E-state index contributed by atoms with van der Waals surface area (Å²) in [6.45, 7) is 8.07. The number of nitrogens with zero attached hydrogens (tertiary/aromatic N) is 4. The van der Waals surface area contributed by atoms with Crippen LogP contribution < -0.4 is 10.6 Å². The Bertz CT molecular complexity index is 1200. The van der Waals surface area contributed by atoms with E-state index in [4.69, 9.17) is 14.8 Å². The molecule has 0 spiro atoms. The summed E-state index contributed by atoms with van der Waals surface area (Å²) in [5.41, 5.74) is 1.87. The first-order valence-corrected chi connectivity index (χ1v) is 12.8. The number of fused-ring (bicyclic) bond motifs is 1. The van der Waals surface area contributed by atoms with Crippen LogP contribution in [0.15, 0.2) is 12.3 Å². The van der Waals surface area contributed by atoms with E-state index in [1.54, 1.807) is 20.0 Å². The number of nitrogens with one attached hydrogen (secondary N) is 2. The molecule has 36 heavy (non-hydrogen) atoms. The van der Waals surface area contributed by atoms with Gasteiger partial charge < -0.3 is 35.8 Å². The van der Waals surface area contributed by atoms with Crippen LogP contribution in [0, 0.1) is 19.8 Å². The molecule has 3 aromatic rings. The van der Waals surface area contributed by atoms with Gasteiger partial charge in [0.25, 0.3) is 0 Å². The van der Waals surface area contributed by atoms with Crippen molar-refractivity contribution >= 4 is 33.3 Å². The predicted octanol–water partition coefficient (Wildman–Crippen LogP) is 1.48. The van der Waals surface area contributed by atoms with Gasteiger partial charge in [-0.05, 0) is 40.2 Å². The Labute approximate surface area is 213 Å². The molecule has 12 heteroatoms. The van der Waals surface area contributed by atoms with Gasteiger partial charge in [-0.2, -0.15) is 4.98 Å². The maximum absolute atomic E-state index is 10.8. The Morgan fingerprint density at radius 2 is 1.89 bits per heavy atom. The fraction of sp³-hybridized carbons (Fsp3) is 0.583. The lowest BCUT2D eigenvalue weighted by molar-refractivity contribution is -0.0601. The lowest BCUT2D eigenvalue weighted by Gasteiger charge is -2.28. The quantitative estimate of drug-likeness (QED) is 0.215. The summed E-state index contributed by atoms with van der Waals surface area (Å²) in [6.07, 6.45) is -0.0586. The largest absolute Gasteiger partial charge is 0.394 e. The van der Waals surface area contributed by atoms with E-state index in [1.807, 2.05) is 19.9 Å². The van der Waals surface area contributed by atoms with E-state index in [0.717, 1.165) is 15.9 Å². The normalized spacial score (nSPS) is 22.3. The topological polar surface area (TPSA) is 166 Å². The van der Waals surface area contributed by atoms with E-state index in [1.165, 1.54) is 11.3 Å². The first kappa shape index (κ1) is 26.6. The second kappa shape index (κ2) is 10.9. The van der Waals surface area contributed by atoms with E-state index in [9.17, 15) is 15.3 Å². The third-order valence-electron chi connectivity index (χ3n) is 6.47. The van der Waals surface area contributed by atoms with E-state index >= 15 is 0 Å². The standard InChI is InChI=1S/C24H34N6O5S/c1-12-17(22-29-18-13(2)25-6-5-16(18)36-22)21(30-23(27-12)26-7-9-35-10-8-31)28-15-11-14(24(3,4)34)19(32)20(15)33/h5-6,14-15,19-20,31-34H,7-11H2,1-4H3,(H2,26,27,28,30)/t14-,15+,19+,20-/m0/s1. The van der Waals surface area contributed by atoms with Crippen LogP contribution in [0.4, 0.5) is 11.8 Å². The molecule has 0 aromatic carbocycles. The molecule has 0 saturated heterocycles. The number of thiazole rings is 1. The Balaban J connectivity index is 1.69. The number of pyridine rings is 1. The minimum Gasteiger partial charge on any atom is -0.394 e. The van der Waals surface area contributed by atoms with Crippen molar-refractivity contribution in [3.63, 3.8) is 0 Å². The van der Waals surface area contributed by atoms with Crippen molar-refractivity contribution in [2.24, 2.45) is 5.92 Å². The number of hydrogen-bond acceptors (Lipinski definition) is 12. The molecule has 3 aromatic heterocycles. The number of aliphatic hydroxyl groups is 4. The number of aromatic nitrogens is 4. The van der Waals surface area contributed by atoms with E-state index < -0.39 is 29.8 Å². The molecule has 6 N–H and O–H groups in total. The van der Waals surface area contributed by atoms with Gasteiger partial charge in [0.1, 0.15) is 22.4 Å². The van der Waals surface area contributed by atoms with Gasteiger partial charge in [0.05, 0.1) is 59.2 Å². The molecular formula is C24H34N6O5S. The van der Waals surface area contributed by atoms with E-state index in [-0.39, 0.29) is 13.2 Å². The van der Waals surface area contributed by atoms with Crippen molar-refractivity contribution in [1.29, 1.82) is 0 Å². The van der Waals surface area contributed by atoms with Gasteiger partial charge >= 0.3 is 0 Å². The number of hydrogen-bond donors (Lipinski definition) is 6. The van der Waals surface area contributed by atoms with Crippen LogP contribution in [0.2, 0.25) is 0 Å². The summed E-state index contributed by atoms with van der Waals surface area (Å²) < 4.78 is 6.29. The smallest absolute Gasteiger partial charge is 0.224 e. The van der Waals surface area contributed by atoms with Gasteiger partial charge in [0.15, 0.2) is 0 Å². The molecule has 0 unspecified atom stereocenters. The minimum atomic E-state index is -1.15. The number of ether oxygens (including phenoxy) is 1. The first-order chi connectivity index (χ1) is 17.1. The van der Waals surface area contributed by atoms with Gasteiger partial charge in [-0.3, -0.25) is 4.98 Å². The molecule has 11 nitrogen and oxygen atoms in total. The number of aliphatic hydroxyl groups excluding tert-OH is 3. The van der Waals surface area contributed by atoms with Gasteiger partial charge in [-0.25, -0.2) is 9.97 Å². The summed E-state index contributed by atoms with van der Waals surface area (Å²) in [5.74, 6) is 0.338. The van der Waals surface area contributed by atoms with Crippen molar-refractivity contribution in [2.75, 3.05) is 37.0 Å². The highest BCUT2D eigenvalue weighted by molar-refractivity contribution is 7.21. The third kappa shape index (κ3) is 5.58. The Morgan fingerprint density at radius 3 is 2.56 bits per heavy atom. The molecule has 1 saturated carbocycles. The van der Waals surface area contributed by atoms with Crippen molar-refractivity contribution in [3.05, 3.63) is 23.7 Å². The highest BCUT2D eigenvalue weighted by atomic mass is 32.1. The zero-order valence-electron chi connectivity index (χ0n) is 20.9. The molecular weight excluding hydrogens is 484 g/mol. The highest BCUT2D eigenvalue weighted by Gasteiger charge is 2.48. The number of aryl methyl sites for hydroxylation is 2. The minimum absolute atomic E-state index is 0.0449. The van der Waals surface area contributed by atoms with Gasteiger partial charge in [0.2, 0.25) is 5.95 Å². The lowest BCUT2D eigenvalue weighted by atomic mass is 9.88. The molecule has 1 aliphatic rings. The van der Waals surface area contributed by atoms with Crippen LogP contribution in [-0.2, 0) is 4.74 Å². The molecule has 0 amide bonds.